The van der Waals surface area contributed by atoms with Crippen LogP contribution in [0.3, 0.4) is 0 Å². The normalized spacial score (nSPS) is 42.5. The monoisotopic (exact) mass is 281 g/mol. The average molecular weight is 281 g/mol. The molecule has 3 rings (SSSR count). The maximum atomic E-state index is 12.9. The van der Waals surface area contributed by atoms with E-state index in [1.807, 2.05) is 0 Å². The summed E-state index contributed by atoms with van der Waals surface area (Å²) in [6.45, 7) is 2.12. The Morgan fingerprint density at radius 1 is 1.10 bits per heavy atom. The first-order chi connectivity index (χ1) is 9.70. The lowest BCUT2D eigenvalue weighted by molar-refractivity contribution is -0.141. The van der Waals surface area contributed by atoms with Crippen molar-refractivity contribution in [3.63, 3.8) is 0 Å². The maximum absolute atomic E-state index is 12.9. The first-order valence-corrected chi connectivity index (χ1v) is 8.21. The minimum absolute atomic E-state index is 0.0728. The fourth-order valence-electron chi connectivity index (χ4n) is 4.13. The molecule has 4 unspecified atom stereocenters. The van der Waals surface area contributed by atoms with Gasteiger partial charge in [-0.15, -0.1) is 0 Å². The number of rotatable bonds is 2. The van der Waals surface area contributed by atoms with E-state index in [0.717, 1.165) is 45.1 Å². The van der Waals surface area contributed by atoms with Crippen molar-refractivity contribution in [2.45, 2.75) is 63.0 Å². The molecule has 0 bridgehead atoms. The van der Waals surface area contributed by atoms with Gasteiger partial charge in [0.25, 0.3) is 0 Å². The highest BCUT2D eigenvalue weighted by atomic mass is 16.6. The molecule has 3 aliphatic rings. The second-order valence-corrected chi connectivity index (χ2v) is 6.83. The summed E-state index contributed by atoms with van der Waals surface area (Å²) in [6, 6.07) is 0.0728. The van der Waals surface area contributed by atoms with Crippen molar-refractivity contribution in [3.05, 3.63) is 0 Å². The molecule has 4 heteroatoms. The van der Waals surface area contributed by atoms with Crippen molar-refractivity contribution >= 4 is 5.78 Å². The van der Waals surface area contributed by atoms with Crippen molar-refractivity contribution in [2.24, 2.45) is 17.6 Å². The van der Waals surface area contributed by atoms with Gasteiger partial charge in [0, 0.05) is 37.5 Å². The highest BCUT2D eigenvalue weighted by Crippen LogP contribution is 2.38. The van der Waals surface area contributed by atoms with Gasteiger partial charge in [0.1, 0.15) is 5.78 Å². The van der Waals surface area contributed by atoms with Gasteiger partial charge in [-0.1, -0.05) is 19.3 Å². The van der Waals surface area contributed by atoms with Gasteiger partial charge in [-0.3, -0.25) is 4.79 Å². The molecule has 0 aromatic carbocycles. The lowest BCUT2D eigenvalue weighted by Gasteiger charge is -2.38. The van der Waals surface area contributed by atoms with Crippen molar-refractivity contribution in [1.29, 1.82) is 0 Å². The van der Waals surface area contributed by atoms with Crippen LogP contribution >= 0.6 is 0 Å². The third-order valence-corrected chi connectivity index (χ3v) is 5.40. The Morgan fingerprint density at radius 3 is 2.75 bits per heavy atom. The van der Waals surface area contributed by atoms with Gasteiger partial charge in [0.15, 0.2) is 0 Å². The molecule has 2 aliphatic heterocycles. The van der Waals surface area contributed by atoms with Crippen LogP contribution < -0.4 is 5.73 Å². The summed E-state index contributed by atoms with van der Waals surface area (Å²) in [5, 5.41) is 0. The van der Waals surface area contributed by atoms with Crippen LogP contribution in [0.2, 0.25) is 0 Å². The van der Waals surface area contributed by atoms with Crippen LogP contribution in [0, 0.1) is 11.8 Å². The molecule has 114 valence electrons. The summed E-state index contributed by atoms with van der Waals surface area (Å²) < 4.78 is 11.4. The zero-order valence-corrected chi connectivity index (χ0v) is 12.3. The van der Waals surface area contributed by atoms with Crippen LogP contribution in [0.15, 0.2) is 0 Å². The molecule has 4 atom stereocenters. The van der Waals surface area contributed by atoms with Gasteiger partial charge in [0.2, 0.25) is 0 Å². The van der Waals surface area contributed by atoms with E-state index in [2.05, 4.69) is 0 Å². The SMILES string of the molecule is NC1CCCCCC1C(=O)C1CCOC2(CCOC2)C1. The Balaban J connectivity index is 1.66. The smallest absolute Gasteiger partial charge is 0.140 e. The first-order valence-electron chi connectivity index (χ1n) is 8.21. The third-order valence-electron chi connectivity index (χ3n) is 5.40. The van der Waals surface area contributed by atoms with E-state index in [1.54, 1.807) is 0 Å². The van der Waals surface area contributed by atoms with E-state index in [-0.39, 0.29) is 23.5 Å². The largest absolute Gasteiger partial charge is 0.378 e. The molecular formula is C16H27NO3. The number of Topliss-reactive ketones (excluding diaryl/α,β-unsaturated/α-hetero) is 1. The third kappa shape index (κ3) is 2.92. The molecular weight excluding hydrogens is 254 g/mol. The van der Waals surface area contributed by atoms with Crippen LogP contribution in [0.25, 0.3) is 0 Å². The number of hydrogen-bond acceptors (Lipinski definition) is 4. The number of nitrogens with two attached hydrogens (primary N) is 1. The van der Waals surface area contributed by atoms with E-state index >= 15 is 0 Å². The summed E-state index contributed by atoms with van der Waals surface area (Å²) in [6.07, 6.45) is 8.20. The highest BCUT2D eigenvalue weighted by Gasteiger charge is 2.44. The number of ether oxygens (including phenoxy) is 2. The fourth-order valence-corrected chi connectivity index (χ4v) is 4.13. The van der Waals surface area contributed by atoms with Gasteiger partial charge in [-0.2, -0.15) is 0 Å². The lowest BCUT2D eigenvalue weighted by Crippen LogP contribution is -2.46. The maximum Gasteiger partial charge on any atom is 0.140 e. The van der Waals surface area contributed by atoms with E-state index in [1.165, 1.54) is 12.8 Å². The van der Waals surface area contributed by atoms with E-state index in [4.69, 9.17) is 15.2 Å². The lowest BCUT2D eigenvalue weighted by atomic mass is 9.76. The van der Waals surface area contributed by atoms with Crippen molar-refractivity contribution < 1.29 is 14.3 Å². The minimum atomic E-state index is -0.173. The Labute approximate surface area is 121 Å². The van der Waals surface area contributed by atoms with Crippen LogP contribution in [-0.4, -0.2) is 37.2 Å². The fraction of sp³-hybridized carbons (Fsp3) is 0.938. The van der Waals surface area contributed by atoms with E-state index in [0.29, 0.717) is 19.0 Å². The zero-order valence-electron chi connectivity index (χ0n) is 12.3. The van der Waals surface area contributed by atoms with Gasteiger partial charge in [-0.25, -0.2) is 0 Å². The Hall–Kier alpha value is -0.450. The predicted octanol–water partition coefficient (Wildman–Crippen LogP) is 2.05. The molecule has 0 aromatic heterocycles. The quantitative estimate of drug-likeness (QED) is 0.787. The van der Waals surface area contributed by atoms with Crippen LogP contribution in [-0.2, 0) is 14.3 Å². The summed E-state index contributed by atoms with van der Waals surface area (Å²) in [7, 11) is 0. The van der Waals surface area contributed by atoms with Crippen LogP contribution in [0.1, 0.15) is 51.4 Å². The molecule has 4 nitrogen and oxygen atoms in total. The molecule has 3 fully saturated rings. The zero-order chi connectivity index (χ0) is 14.0. The second-order valence-electron chi connectivity index (χ2n) is 6.83. The number of hydrogen-bond donors (Lipinski definition) is 1. The van der Waals surface area contributed by atoms with Crippen LogP contribution in [0.4, 0.5) is 0 Å². The second kappa shape index (κ2) is 6.12. The molecule has 2 saturated heterocycles. The molecule has 2 N–H and O–H groups in total. The van der Waals surface area contributed by atoms with Crippen LogP contribution in [0.5, 0.6) is 0 Å². The van der Waals surface area contributed by atoms with Crippen molar-refractivity contribution in [3.8, 4) is 0 Å². The molecule has 20 heavy (non-hydrogen) atoms. The summed E-state index contributed by atoms with van der Waals surface area (Å²) in [5.41, 5.74) is 6.08. The van der Waals surface area contributed by atoms with Gasteiger partial charge >= 0.3 is 0 Å². The minimum Gasteiger partial charge on any atom is -0.378 e. The average Bonchev–Trinajstić information content (AvgIpc) is 2.78. The Kier molecular flexibility index (Phi) is 4.43. The Bertz CT molecular complexity index is 352. The molecule has 1 spiro atoms. The van der Waals surface area contributed by atoms with Gasteiger partial charge in [0.05, 0.1) is 12.2 Å². The topological polar surface area (TPSA) is 61.6 Å². The van der Waals surface area contributed by atoms with Crippen molar-refractivity contribution in [2.75, 3.05) is 19.8 Å². The van der Waals surface area contributed by atoms with Gasteiger partial charge < -0.3 is 15.2 Å². The number of ketones is 1. The highest BCUT2D eigenvalue weighted by molar-refractivity contribution is 5.84. The van der Waals surface area contributed by atoms with E-state index < -0.39 is 0 Å². The van der Waals surface area contributed by atoms with Gasteiger partial charge in [-0.05, 0) is 25.7 Å². The standard InChI is InChI=1S/C16H27NO3/c17-14-5-3-1-2-4-13(14)15(18)12-6-8-20-16(10-12)7-9-19-11-16/h12-14H,1-11,17H2. The van der Waals surface area contributed by atoms with E-state index in [9.17, 15) is 4.79 Å². The first kappa shape index (κ1) is 14.5. The summed E-state index contributed by atoms with van der Waals surface area (Å²) in [5.74, 6) is 0.633. The summed E-state index contributed by atoms with van der Waals surface area (Å²) in [4.78, 5) is 12.9. The molecule has 0 radical (unpaired) electrons. The number of carbonyl (C=O) groups is 1. The molecule has 1 saturated carbocycles. The molecule has 0 aromatic rings. The number of carbonyl (C=O) groups excluding carboxylic acids is 1. The predicted molar refractivity (Wildman–Crippen MR) is 76.4 cm³/mol. The Morgan fingerprint density at radius 2 is 1.95 bits per heavy atom. The molecule has 1 aliphatic carbocycles. The summed E-state index contributed by atoms with van der Waals surface area (Å²) >= 11 is 0. The van der Waals surface area contributed by atoms with Crippen molar-refractivity contribution in [1.82, 2.24) is 0 Å². The molecule has 0 amide bonds. The molecule has 2 heterocycles.